The zero-order valence-electron chi connectivity index (χ0n) is 13.9. The van der Waals surface area contributed by atoms with E-state index in [0.717, 1.165) is 11.6 Å². The molecule has 0 aliphatic rings. The van der Waals surface area contributed by atoms with Crippen LogP contribution in [0.4, 0.5) is 14.9 Å². The van der Waals surface area contributed by atoms with Crippen molar-refractivity contribution in [2.75, 3.05) is 5.32 Å². The summed E-state index contributed by atoms with van der Waals surface area (Å²) in [6, 6.07) is 10.5. The van der Waals surface area contributed by atoms with Crippen LogP contribution in [0.25, 0.3) is 0 Å². The molecule has 7 heteroatoms. The standard InChI is InChI=1S/C18H19ClFN3O2/c1-11(2)22-18(25)23-14-6-3-12(4-7-14)10-21-17(24)15-8-5-13(20)9-16(15)19/h3-9,11H,10H2,1-2H3,(H,21,24)(H2,22,23,25). The first kappa shape index (κ1) is 18.7. The Labute approximate surface area is 150 Å². The molecule has 2 rings (SSSR count). The number of amides is 3. The Balaban J connectivity index is 1.91. The molecule has 5 nitrogen and oxygen atoms in total. The molecule has 0 aliphatic carbocycles. The molecular weight excluding hydrogens is 345 g/mol. The maximum Gasteiger partial charge on any atom is 0.319 e. The lowest BCUT2D eigenvalue weighted by Gasteiger charge is -2.11. The van der Waals surface area contributed by atoms with Crippen LogP contribution in [-0.4, -0.2) is 18.0 Å². The van der Waals surface area contributed by atoms with Crippen molar-refractivity contribution in [3.8, 4) is 0 Å². The lowest BCUT2D eigenvalue weighted by Crippen LogP contribution is -2.34. The zero-order chi connectivity index (χ0) is 18.4. The predicted molar refractivity (Wildman–Crippen MR) is 96.3 cm³/mol. The van der Waals surface area contributed by atoms with E-state index in [1.54, 1.807) is 24.3 Å². The van der Waals surface area contributed by atoms with Crippen molar-refractivity contribution in [1.82, 2.24) is 10.6 Å². The van der Waals surface area contributed by atoms with Gasteiger partial charge in [-0.05, 0) is 49.7 Å². The molecule has 25 heavy (non-hydrogen) atoms. The molecule has 0 aliphatic heterocycles. The second-order valence-corrected chi connectivity index (χ2v) is 6.16. The summed E-state index contributed by atoms with van der Waals surface area (Å²) in [6.45, 7) is 4.03. The number of rotatable bonds is 5. The SMILES string of the molecule is CC(C)NC(=O)Nc1ccc(CNC(=O)c2ccc(F)cc2Cl)cc1. The third kappa shape index (κ3) is 5.76. The highest BCUT2D eigenvalue weighted by Gasteiger charge is 2.11. The van der Waals surface area contributed by atoms with Crippen molar-refractivity contribution in [3.63, 3.8) is 0 Å². The van der Waals surface area contributed by atoms with Crippen LogP contribution in [0, 0.1) is 5.82 Å². The average Bonchev–Trinajstić information content (AvgIpc) is 2.53. The maximum atomic E-state index is 13.0. The topological polar surface area (TPSA) is 70.2 Å². The first-order chi connectivity index (χ1) is 11.8. The molecule has 2 aromatic carbocycles. The number of hydrogen-bond acceptors (Lipinski definition) is 2. The molecule has 3 amide bonds. The van der Waals surface area contributed by atoms with Gasteiger partial charge in [-0.15, -0.1) is 0 Å². The molecule has 0 fully saturated rings. The van der Waals surface area contributed by atoms with Crippen LogP contribution < -0.4 is 16.0 Å². The predicted octanol–water partition coefficient (Wildman–Crippen LogP) is 3.94. The summed E-state index contributed by atoms with van der Waals surface area (Å²) in [6.07, 6.45) is 0. The van der Waals surface area contributed by atoms with Gasteiger partial charge in [0.1, 0.15) is 5.82 Å². The Morgan fingerprint density at radius 2 is 1.80 bits per heavy atom. The van der Waals surface area contributed by atoms with Gasteiger partial charge in [0.2, 0.25) is 0 Å². The minimum Gasteiger partial charge on any atom is -0.348 e. The van der Waals surface area contributed by atoms with E-state index < -0.39 is 5.82 Å². The smallest absolute Gasteiger partial charge is 0.319 e. The van der Waals surface area contributed by atoms with E-state index in [0.29, 0.717) is 5.69 Å². The van der Waals surface area contributed by atoms with Gasteiger partial charge >= 0.3 is 6.03 Å². The summed E-state index contributed by atoms with van der Waals surface area (Å²) in [5, 5.41) is 8.22. The lowest BCUT2D eigenvalue weighted by molar-refractivity contribution is 0.0951. The normalized spacial score (nSPS) is 10.4. The number of anilines is 1. The first-order valence-corrected chi connectivity index (χ1v) is 8.12. The Kier molecular flexibility index (Phi) is 6.36. The molecule has 0 atom stereocenters. The molecule has 0 bridgehead atoms. The van der Waals surface area contributed by atoms with Gasteiger partial charge < -0.3 is 16.0 Å². The molecule has 132 valence electrons. The highest BCUT2D eigenvalue weighted by Crippen LogP contribution is 2.17. The molecule has 0 heterocycles. The van der Waals surface area contributed by atoms with Crippen molar-refractivity contribution in [3.05, 3.63) is 64.4 Å². The summed E-state index contributed by atoms with van der Waals surface area (Å²) in [7, 11) is 0. The first-order valence-electron chi connectivity index (χ1n) is 7.75. The summed E-state index contributed by atoms with van der Waals surface area (Å²) in [4.78, 5) is 23.7. The van der Waals surface area contributed by atoms with Crippen molar-refractivity contribution >= 4 is 29.2 Å². The van der Waals surface area contributed by atoms with Crippen molar-refractivity contribution in [2.24, 2.45) is 0 Å². The van der Waals surface area contributed by atoms with Gasteiger partial charge in [-0.25, -0.2) is 9.18 Å². The molecule has 0 spiro atoms. The Morgan fingerprint density at radius 3 is 2.40 bits per heavy atom. The summed E-state index contributed by atoms with van der Waals surface area (Å²) in [5.41, 5.74) is 1.71. The average molecular weight is 364 g/mol. The molecule has 0 saturated carbocycles. The van der Waals surface area contributed by atoms with Crippen LogP contribution in [0.5, 0.6) is 0 Å². The fourth-order valence-electron chi connectivity index (χ4n) is 2.09. The molecule has 0 saturated heterocycles. The number of nitrogens with one attached hydrogen (secondary N) is 3. The molecule has 0 radical (unpaired) electrons. The van der Waals surface area contributed by atoms with Gasteiger partial charge in [-0.2, -0.15) is 0 Å². The third-order valence-electron chi connectivity index (χ3n) is 3.26. The molecule has 0 aromatic heterocycles. The Hall–Kier alpha value is -2.60. The van der Waals surface area contributed by atoms with Gasteiger partial charge in [-0.1, -0.05) is 23.7 Å². The summed E-state index contributed by atoms with van der Waals surface area (Å²) in [5.74, 6) is -0.880. The minimum atomic E-state index is -0.494. The van der Waals surface area contributed by atoms with Crippen LogP contribution in [0.15, 0.2) is 42.5 Å². The lowest BCUT2D eigenvalue weighted by atomic mass is 10.1. The molecular formula is C18H19ClFN3O2. The Bertz CT molecular complexity index is 763. The van der Waals surface area contributed by atoms with E-state index in [1.807, 2.05) is 13.8 Å². The monoisotopic (exact) mass is 363 g/mol. The number of halogens is 2. The van der Waals surface area contributed by atoms with E-state index in [1.165, 1.54) is 12.1 Å². The van der Waals surface area contributed by atoms with E-state index in [2.05, 4.69) is 16.0 Å². The van der Waals surface area contributed by atoms with Gasteiger partial charge in [0.15, 0.2) is 0 Å². The van der Waals surface area contributed by atoms with Gasteiger partial charge in [-0.3, -0.25) is 4.79 Å². The fraction of sp³-hybridized carbons (Fsp3) is 0.222. The van der Waals surface area contributed by atoms with Gasteiger partial charge in [0.05, 0.1) is 10.6 Å². The number of hydrogen-bond donors (Lipinski definition) is 3. The molecule has 2 aromatic rings. The van der Waals surface area contributed by atoms with Gasteiger partial charge in [0.25, 0.3) is 5.91 Å². The number of carbonyl (C=O) groups excluding carboxylic acids is 2. The zero-order valence-corrected chi connectivity index (χ0v) is 14.7. The largest absolute Gasteiger partial charge is 0.348 e. The molecule has 3 N–H and O–H groups in total. The maximum absolute atomic E-state index is 13.0. The number of carbonyl (C=O) groups is 2. The van der Waals surface area contributed by atoms with Gasteiger partial charge in [0, 0.05) is 18.3 Å². The summed E-state index contributed by atoms with van der Waals surface area (Å²) >= 11 is 5.86. The second-order valence-electron chi connectivity index (χ2n) is 5.76. The van der Waals surface area contributed by atoms with Crippen LogP contribution in [0.1, 0.15) is 29.8 Å². The van der Waals surface area contributed by atoms with Crippen LogP contribution in [-0.2, 0) is 6.54 Å². The third-order valence-corrected chi connectivity index (χ3v) is 3.57. The fourth-order valence-corrected chi connectivity index (χ4v) is 2.34. The van der Waals surface area contributed by atoms with E-state index >= 15 is 0 Å². The van der Waals surface area contributed by atoms with Crippen molar-refractivity contribution < 1.29 is 14.0 Å². The van der Waals surface area contributed by atoms with Crippen molar-refractivity contribution in [2.45, 2.75) is 26.4 Å². The highest BCUT2D eigenvalue weighted by molar-refractivity contribution is 6.33. The van der Waals surface area contributed by atoms with E-state index in [4.69, 9.17) is 11.6 Å². The van der Waals surface area contributed by atoms with Crippen LogP contribution >= 0.6 is 11.6 Å². The van der Waals surface area contributed by atoms with E-state index in [-0.39, 0.29) is 35.1 Å². The highest BCUT2D eigenvalue weighted by atomic mass is 35.5. The number of benzene rings is 2. The summed E-state index contributed by atoms with van der Waals surface area (Å²) < 4.78 is 13.0. The minimum absolute atomic E-state index is 0.0489. The Morgan fingerprint density at radius 1 is 1.12 bits per heavy atom. The second kappa shape index (κ2) is 8.48. The van der Waals surface area contributed by atoms with Crippen molar-refractivity contribution in [1.29, 1.82) is 0 Å². The van der Waals surface area contributed by atoms with Crippen LogP contribution in [0.3, 0.4) is 0 Å². The number of urea groups is 1. The molecule has 0 unspecified atom stereocenters. The quantitative estimate of drug-likeness (QED) is 0.753. The van der Waals surface area contributed by atoms with E-state index in [9.17, 15) is 14.0 Å². The van der Waals surface area contributed by atoms with Crippen LogP contribution in [0.2, 0.25) is 5.02 Å².